The summed E-state index contributed by atoms with van der Waals surface area (Å²) in [6, 6.07) is 7.62. The first kappa shape index (κ1) is 12.8. The monoisotopic (exact) mass is 241 g/mol. The van der Waals surface area contributed by atoms with Gasteiger partial charge in [0.2, 0.25) is 0 Å². The van der Waals surface area contributed by atoms with Gasteiger partial charge in [0.25, 0.3) is 0 Å². The van der Waals surface area contributed by atoms with E-state index in [1.807, 2.05) is 31.3 Å². The lowest BCUT2D eigenvalue weighted by molar-refractivity contribution is -0.137. The SMILES string of the molecule is CN(CCCCC(=O)O)c1ccc(Cl)cc1. The lowest BCUT2D eigenvalue weighted by atomic mass is 10.2. The van der Waals surface area contributed by atoms with Gasteiger partial charge in [-0.1, -0.05) is 11.6 Å². The van der Waals surface area contributed by atoms with E-state index in [0.29, 0.717) is 6.42 Å². The van der Waals surface area contributed by atoms with Gasteiger partial charge in [0.1, 0.15) is 0 Å². The minimum Gasteiger partial charge on any atom is -0.481 e. The van der Waals surface area contributed by atoms with Crippen LogP contribution in [0, 0.1) is 0 Å². The summed E-state index contributed by atoms with van der Waals surface area (Å²) < 4.78 is 0. The number of carboxylic acids is 1. The molecule has 3 nitrogen and oxygen atoms in total. The Labute approximate surface area is 101 Å². The molecule has 0 aliphatic rings. The molecule has 0 radical (unpaired) electrons. The molecule has 4 heteroatoms. The van der Waals surface area contributed by atoms with Crippen LogP contribution in [0.25, 0.3) is 0 Å². The van der Waals surface area contributed by atoms with Crippen LogP contribution in [-0.4, -0.2) is 24.7 Å². The van der Waals surface area contributed by atoms with Crippen molar-refractivity contribution in [3.63, 3.8) is 0 Å². The fourth-order valence-electron chi connectivity index (χ4n) is 1.45. The maximum atomic E-state index is 10.3. The zero-order valence-corrected chi connectivity index (χ0v) is 10.1. The Morgan fingerprint density at radius 3 is 2.50 bits per heavy atom. The van der Waals surface area contributed by atoms with Crippen LogP contribution in [0.15, 0.2) is 24.3 Å². The molecule has 88 valence electrons. The molecule has 0 aliphatic carbocycles. The summed E-state index contributed by atoms with van der Waals surface area (Å²) in [5.74, 6) is -0.728. The van der Waals surface area contributed by atoms with Gasteiger partial charge in [-0.3, -0.25) is 4.79 Å². The standard InChI is InChI=1S/C12H16ClNO2/c1-14(9-3-2-4-12(15)16)11-7-5-10(13)6-8-11/h5-8H,2-4,9H2,1H3,(H,15,16). The van der Waals surface area contributed by atoms with E-state index in [1.54, 1.807) is 0 Å². The third kappa shape index (κ3) is 4.53. The second kappa shape index (κ2) is 6.38. The minimum atomic E-state index is -0.728. The summed E-state index contributed by atoms with van der Waals surface area (Å²) in [7, 11) is 1.99. The molecule has 0 aliphatic heterocycles. The van der Waals surface area contributed by atoms with Crippen LogP contribution >= 0.6 is 11.6 Å². The smallest absolute Gasteiger partial charge is 0.303 e. The van der Waals surface area contributed by atoms with Crippen molar-refractivity contribution in [3.05, 3.63) is 29.3 Å². The van der Waals surface area contributed by atoms with E-state index >= 15 is 0 Å². The Morgan fingerprint density at radius 2 is 1.94 bits per heavy atom. The third-order valence-corrected chi connectivity index (χ3v) is 2.65. The first-order chi connectivity index (χ1) is 7.59. The first-order valence-corrected chi connectivity index (χ1v) is 5.66. The predicted molar refractivity (Wildman–Crippen MR) is 66.2 cm³/mol. The molecule has 1 aromatic rings. The van der Waals surface area contributed by atoms with E-state index in [2.05, 4.69) is 4.90 Å². The van der Waals surface area contributed by atoms with Crippen LogP contribution in [0.4, 0.5) is 5.69 Å². The van der Waals surface area contributed by atoms with Crippen molar-refractivity contribution in [2.45, 2.75) is 19.3 Å². The number of carboxylic acid groups (broad SMARTS) is 1. The normalized spacial score (nSPS) is 10.1. The van der Waals surface area contributed by atoms with Crippen molar-refractivity contribution < 1.29 is 9.90 Å². The summed E-state index contributed by atoms with van der Waals surface area (Å²) in [6.45, 7) is 0.856. The van der Waals surface area contributed by atoms with Crippen LogP contribution in [0.3, 0.4) is 0 Å². The summed E-state index contributed by atoms with van der Waals surface area (Å²) in [5, 5.41) is 9.22. The highest BCUT2D eigenvalue weighted by atomic mass is 35.5. The van der Waals surface area contributed by atoms with E-state index < -0.39 is 5.97 Å². The first-order valence-electron chi connectivity index (χ1n) is 5.28. The zero-order chi connectivity index (χ0) is 12.0. The van der Waals surface area contributed by atoms with E-state index in [4.69, 9.17) is 16.7 Å². The number of rotatable bonds is 6. The quantitative estimate of drug-likeness (QED) is 0.779. The topological polar surface area (TPSA) is 40.5 Å². The molecule has 0 heterocycles. The molecule has 0 atom stereocenters. The largest absolute Gasteiger partial charge is 0.481 e. The number of hydrogen-bond acceptors (Lipinski definition) is 2. The molecule has 0 aromatic heterocycles. The summed E-state index contributed by atoms with van der Waals surface area (Å²) in [4.78, 5) is 12.4. The Morgan fingerprint density at radius 1 is 1.31 bits per heavy atom. The van der Waals surface area contributed by atoms with Crippen molar-refractivity contribution in [1.82, 2.24) is 0 Å². The molecule has 1 N–H and O–H groups in total. The Balaban J connectivity index is 2.32. The molecule has 0 unspecified atom stereocenters. The van der Waals surface area contributed by atoms with Gasteiger partial charge in [-0.25, -0.2) is 0 Å². The Bertz CT molecular complexity index is 337. The number of nitrogens with zero attached hydrogens (tertiary/aromatic N) is 1. The number of anilines is 1. The second-order valence-corrected chi connectivity index (χ2v) is 4.19. The van der Waals surface area contributed by atoms with Gasteiger partial charge in [0.15, 0.2) is 0 Å². The van der Waals surface area contributed by atoms with Crippen LogP contribution in [-0.2, 0) is 4.79 Å². The van der Waals surface area contributed by atoms with E-state index in [9.17, 15) is 4.79 Å². The summed E-state index contributed by atoms with van der Waals surface area (Å²) in [5.41, 5.74) is 1.10. The second-order valence-electron chi connectivity index (χ2n) is 3.75. The molecular weight excluding hydrogens is 226 g/mol. The molecule has 0 saturated carbocycles. The molecule has 16 heavy (non-hydrogen) atoms. The highest BCUT2D eigenvalue weighted by molar-refractivity contribution is 6.30. The van der Waals surface area contributed by atoms with E-state index in [1.165, 1.54) is 0 Å². The molecule has 0 bridgehead atoms. The minimum absolute atomic E-state index is 0.245. The van der Waals surface area contributed by atoms with Crippen molar-refractivity contribution >= 4 is 23.3 Å². The number of aliphatic carboxylic acids is 1. The van der Waals surface area contributed by atoms with Gasteiger partial charge in [-0.2, -0.15) is 0 Å². The molecule has 0 spiro atoms. The fourth-order valence-corrected chi connectivity index (χ4v) is 1.58. The van der Waals surface area contributed by atoms with Crippen molar-refractivity contribution in [2.24, 2.45) is 0 Å². The maximum Gasteiger partial charge on any atom is 0.303 e. The van der Waals surface area contributed by atoms with Crippen LogP contribution in [0.5, 0.6) is 0 Å². The van der Waals surface area contributed by atoms with Gasteiger partial charge in [-0.05, 0) is 37.1 Å². The molecule has 0 saturated heterocycles. The lowest BCUT2D eigenvalue weighted by Crippen LogP contribution is -2.18. The molecule has 1 rings (SSSR count). The van der Waals surface area contributed by atoms with E-state index in [0.717, 1.165) is 23.7 Å². The van der Waals surface area contributed by atoms with Crippen LogP contribution in [0.1, 0.15) is 19.3 Å². The number of benzene rings is 1. The van der Waals surface area contributed by atoms with Gasteiger partial charge in [-0.15, -0.1) is 0 Å². The van der Waals surface area contributed by atoms with Gasteiger partial charge in [0, 0.05) is 30.7 Å². The zero-order valence-electron chi connectivity index (χ0n) is 9.32. The van der Waals surface area contributed by atoms with E-state index in [-0.39, 0.29) is 6.42 Å². The number of halogens is 1. The molecule has 0 fully saturated rings. The predicted octanol–water partition coefficient (Wildman–Crippen LogP) is 3.03. The average molecular weight is 242 g/mol. The maximum absolute atomic E-state index is 10.3. The van der Waals surface area contributed by atoms with Crippen LogP contribution in [0.2, 0.25) is 5.02 Å². The third-order valence-electron chi connectivity index (χ3n) is 2.40. The average Bonchev–Trinajstić information content (AvgIpc) is 2.25. The van der Waals surface area contributed by atoms with Crippen molar-refractivity contribution in [2.75, 3.05) is 18.5 Å². The van der Waals surface area contributed by atoms with Gasteiger partial charge >= 0.3 is 5.97 Å². The summed E-state index contributed by atoms with van der Waals surface area (Å²) in [6.07, 6.45) is 1.84. The molecule has 1 aromatic carbocycles. The number of carbonyl (C=O) groups is 1. The number of unbranched alkanes of at least 4 members (excludes halogenated alkanes) is 1. The van der Waals surface area contributed by atoms with Crippen LogP contribution < -0.4 is 4.90 Å². The molecular formula is C12H16ClNO2. The highest BCUT2D eigenvalue weighted by Gasteiger charge is 2.01. The highest BCUT2D eigenvalue weighted by Crippen LogP contribution is 2.17. The lowest BCUT2D eigenvalue weighted by Gasteiger charge is -2.18. The Kier molecular flexibility index (Phi) is 5.12. The Hall–Kier alpha value is -1.22. The summed E-state index contributed by atoms with van der Waals surface area (Å²) >= 11 is 5.79. The van der Waals surface area contributed by atoms with Gasteiger partial charge in [0.05, 0.1) is 0 Å². The number of hydrogen-bond donors (Lipinski definition) is 1. The van der Waals surface area contributed by atoms with Gasteiger partial charge < -0.3 is 10.0 Å². The fraction of sp³-hybridized carbons (Fsp3) is 0.417. The molecule has 0 amide bonds. The van der Waals surface area contributed by atoms with Crippen molar-refractivity contribution in [1.29, 1.82) is 0 Å². The van der Waals surface area contributed by atoms with Crippen molar-refractivity contribution in [3.8, 4) is 0 Å².